The van der Waals surface area contributed by atoms with Gasteiger partial charge in [-0.3, -0.25) is 4.79 Å². The fourth-order valence-corrected chi connectivity index (χ4v) is 0.203. The topological polar surface area (TPSA) is 57.2 Å². The van der Waals surface area contributed by atoms with Crippen molar-refractivity contribution in [3.63, 3.8) is 0 Å². The van der Waals surface area contributed by atoms with Gasteiger partial charge < -0.3 is 9.90 Å². The Morgan fingerprint density at radius 2 is 1.80 bits per heavy atom. The molecule has 0 heterocycles. The summed E-state index contributed by atoms with van der Waals surface area (Å²) in [6.45, 7) is 3.38. The summed E-state index contributed by atoms with van der Waals surface area (Å²) in [6.07, 6.45) is -0.472. The summed E-state index contributed by atoms with van der Waals surface area (Å²) in [4.78, 5) is 19.3. The average Bonchev–Trinajstić information content (AvgIpc) is 1.62. The van der Waals surface area contributed by atoms with Crippen molar-refractivity contribution in [2.75, 3.05) is 0 Å². The van der Waals surface area contributed by atoms with Crippen molar-refractivity contribution in [3.8, 4) is 0 Å². The Balaban J connectivity index is 0. The number of aliphatic carboxylic acids is 1. The van der Waals surface area contributed by atoms with E-state index < -0.39 is 12.4 Å². The van der Waals surface area contributed by atoms with Crippen molar-refractivity contribution in [1.82, 2.24) is 0 Å². The molecule has 3 nitrogen and oxygen atoms in total. The van der Waals surface area contributed by atoms with Crippen molar-refractivity contribution >= 4 is 11.8 Å². The van der Waals surface area contributed by atoms with Gasteiger partial charge in [0.05, 0.1) is 0 Å². The van der Waals surface area contributed by atoms with Crippen LogP contribution in [0.15, 0.2) is 0 Å². The van der Waals surface area contributed by atoms with Gasteiger partial charge in [0, 0.05) is 12.4 Å². The summed E-state index contributed by atoms with van der Waals surface area (Å²) in [5.41, 5.74) is 0. The van der Waals surface area contributed by atoms with Crippen LogP contribution in [0.1, 0.15) is 20.3 Å². The van der Waals surface area contributed by atoms with Crippen LogP contribution < -0.4 is 5.11 Å². The van der Waals surface area contributed by atoms with Gasteiger partial charge in [-0.25, -0.2) is 0 Å². The second-order valence-electron chi connectivity index (χ2n) is 1.75. The van der Waals surface area contributed by atoms with Crippen LogP contribution in [0.25, 0.3) is 0 Å². The molecule has 0 aliphatic carbocycles. The van der Waals surface area contributed by atoms with Gasteiger partial charge in [-0.05, 0) is 6.92 Å². The number of carbonyl (C=O) groups is 2. The minimum absolute atomic E-state index is 0.375. The monoisotopic (exact) mass is 194 g/mol. The first-order chi connectivity index (χ1) is 4.54. The third kappa shape index (κ3) is 25.1. The van der Waals surface area contributed by atoms with E-state index >= 15 is 0 Å². The van der Waals surface area contributed by atoms with Crippen LogP contribution in [0.5, 0.6) is 0 Å². The van der Waals surface area contributed by atoms with Crippen LogP contribution >= 0.6 is 0 Å². The number of rotatable bonds is 2. The van der Waals surface area contributed by atoms with Crippen LogP contribution in [0.2, 0.25) is 5.02 Å². The Hall–Kier alpha value is -0.237. The number of carboxylic acid groups (broad SMARTS) is 1. The van der Waals surface area contributed by atoms with E-state index in [9.17, 15) is 14.7 Å². The zero-order chi connectivity index (χ0) is 8.57. The molecule has 0 amide bonds. The molecule has 0 N–H and O–H groups in total. The van der Waals surface area contributed by atoms with Crippen LogP contribution in [0.4, 0.5) is 0 Å². The Morgan fingerprint density at radius 3 is 1.80 bits per heavy atom. The molecule has 0 aromatic heterocycles. The molecule has 0 spiro atoms. The van der Waals surface area contributed by atoms with Gasteiger partial charge in [0.25, 0.3) is 0 Å². The molecule has 0 unspecified atom stereocenters. The van der Waals surface area contributed by atoms with Crippen molar-refractivity contribution in [3.05, 3.63) is 0 Å². The second kappa shape index (κ2) is 8.76. The van der Waals surface area contributed by atoms with Crippen LogP contribution in [-0.4, -0.2) is 11.8 Å². The number of Topliss-reactive ketones (excluding diaryl/α,β-unsaturated/α-hetero) is 1. The molecule has 0 aliphatic heterocycles. The predicted octanol–water partition coefficient (Wildman–Crippen LogP) is -0.313. The molecular formula is C6H10O3Zn. The molecule has 0 saturated heterocycles. The molecule has 0 saturated carbocycles. The molecule has 0 aliphatic rings. The van der Waals surface area contributed by atoms with E-state index in [2.05, 4.69) is 6.92 Å². The van der Waals surface area contributed by atoms with E-state index in [1.54, 1.807) is 0 Å². The van der Waals surface area contributed by atoms with Gasteiger partial charge >= 0.3 is 30.2 Å². The molecule has 10 heavy (non-hydrogen) atoms. The third-order valence-electron chi connectivity index (χ3n) is 0.393. The van der Waals surface area contributed by atoms with Crippen LogP contribution in [-0.2, 0) is 27.9 Å². The number of carbonyl (C=O) groups excluding carboxylic acids is 2. The Kier molecular flexibility index (Phi) is 10.9. The zero-order valence-electron chi connectivity index (χ0n) is 6.35. The minimum atomic E-state index is -1.31. The van der Waals surface area contributed by atoms with E-state index in [0.29, 0.717) is 0 Å². The van der Waals surface area contributed by atoms with E-state index in [0.717, 1.165) is 0 Å². The zero-order valence-corrected chi connectivity index (χ0v) is 9.31. The molecule has 0 rings (SSSR count). The summed E-state index contributed by atoms with van der Waals surface area (Å²) in [5, 5.41) is 10.9. The van der Waals surface area contributed by atoms with Crippen molar-refractivity contribution < 1.29 is 33.0 Å². The number of ketones is 1. The number of hydrogen-bond donors (Lipinski definition) is 0. The first-order valence-corrected chi connectivity index (χ1v) is 5.12. The Bertz CT molecular complexity index is 99.6. The maximum absolute atomic E-state index is 9.83. The summed E-state index contributed by atoms with van der Waals surface area (Å²) < 4.78 is 0. The molecule has 0 fully saturated rings. The summed E-state index contributed by atoms with van der Waals surface area (Å²) in [5.74, 6) is -1.69. The van der Waals surface area contributed by atoms with Crippen molar-refractivity contribution in [2.24, 2.45) is 0 Å². The first-order valence-electron chi connectivity index (χ1n) is 3.03. The molecule has 54 valence electrons. The van der Waals surface area contributed by atoms with Gasteiger partial charge in [0.1, 0.15) is 5.78 Å². The summed E-state index contributed by atoms with van der Waals surface area (Å²) in [7, 11) is 0. The van der Waals surface area contributed by atoms with Gasteiger partial charge in [-0.1, -0.05) is 0 Å². The average molecular weight is 196 g/mol. The van der Waals surface area contributed by atoms with Gasteiger partial charge in [-0.15, -0.1) is 0 Å². The molecule has 4 heteroatoms. The molecule has 0 atom stereocenters. The molecule has 0 aromatic carbocycles. The van der Waals surface area contributed by atoms with Gasteiger partial charge in [-0.2, -0.15) is 0 Å². The normalized spacial score (nSPS) is 7.60. The second-order valence-corrected chi connectivity index (χ2v) is 3.85. The number of carboxylic acids is 1. The fourth-order valence-electron chi connectivity index (χ4n) is 0.203. The Labute approximate surface area is 70.5 Å². The summed E-state index contributed by atoms with van der Waals surface area (Å²) >= 11 is 1.44. The van der Waals surface area contributed by atoms with Crippen molar-refractivity contribution in [1.29, 1.82) is 0 Å². The fraction of sp³-hybridized carbons (Fsp3) is 0.667. The first kappa shape index (κ1) is 12.4. The van der Waals surface area contributed by atoms with Crippen LogP contribution in [0, 0.1) is 0 Å². The molecule has 0 aromatic rings. The van der Waals surface area contributed by atoms with Crippen molar-refractivity contribution in [2.45, 2.75) is 25.3 Å². The predicted molar refractivity (Wildman–Crippen MR) is 30.8 cm³/mol. The molecule has 0 radical (unpaired) electrons. The standard InChI is InChI=1S/C4H6O3.C2H5.Zn/c1-3(5)2-4(6)7;1-2;/h2H2,1H3,(H,6,7);1H2,2H3;/q;;+1/p-1. The maximum atomic E-state index is 9.83. The van der Waals surface area contributed by atoms with Gasteiger partial charge in [0.2, 0.25) is 0 Å². The van der Waals surface area contributed by atoms with E-state index in [4.69, 9.17) is 0 Å². The molecule has 0 bridgehead atoms. The number of hydrogen-bond acceptors (Lipinski definition) is 3. The van der Waals surface area contributed by atoms with E-state index in [1.807, 2.05) is 0 Å². The Morgan fingerprint density at radius 1 is 1.50 bits per heavy atom. The van der Waals surface area contributed by atoms with Crippen LogP contribution in [0.3, 0.4) is 0 Å². The third-order valence-corrected chi connectivity index (χ3v) is 0.393. The van der Waals surface area contributed by atoms with E-state index in [-0.39, 0.29) is 5.78 Å². The summed E-state index contributed by atoms with van der Waals surface area (Å²) in [6, 6.07) is 0. The quantitative estimate of drug-likeness (QED) is 0.449. The SMILES string of the molecule is CC(=O)CC(=O)[O-].C[CH2][Zn+]. The molecular weight excluding hydrogens is 185 g/mol. The van der Waals surface area contributed by atoms with E-state index in [1.165, 1.54) is 30.2 Å². The van der Waals surface area contributed by atoms with Gasteiger partial charge in [0.15, 0.2) is 0 Å².